The Morgan fingerprint density at radius 3 is 1.84 bits per heavy atom. The minimum absolute atomic E-state index is 0.0856. The van der Waals surface area contributed by atoms with Gasteiger partial charge in [-0.25, -0.2) is 0 Å². The molecule has 1 aromatic carbocycles. The molecule has 1 aromatic rings. The summed E-state index contributed by atoms with van der Waals surface area (Å²) in [5.41, 5.74) is 1.51. The van der Waals surface area contributed by atoms with Crippen LogP contribution >= 0.6 is 0 Å². The highest BCUT2D eigenvalue weighted by atomic mass is 16.2. The zero-order valence-corrected chi connectivity index (χ0v) is 10.8. The monoisotopic (exact) mass is 258 g/mol. The first-order chi connectivity index (χ1) is 9.22. The van der Waals surface area contributed by atoms with Gasteiger partial charge in [0, 0.05) is 23.2 Å². The van der Waals surface area contributed by atoms with Crippen molar-refractivity contribution in [2.45, 2.75) is 32.1 Å². The molecular weight excluding hydrogens is 240 g/mol. The van der Waals surface area contributed by atoms with Gasteiger partial charge in [0.05, 0.1) is 0 Å². The smallest absolute Gasteiger partial charge is 0.227 e. The van der Waals surface area contributed by atoms with Crippen LogP contribution in [0.1, 0.15) is 32.1 Å². The molecule has 2 aliphatic carbocycles. The van der Waals surface area contributed by atoms with Crippen molar-refractivity contribution in [3.05, 3.63) is 24.3 Å². The van der Waals surface area contributed by atoms with Gasteiger partial charge in [0.2, 0.25) is 11.8 Å². The van der Waals surface area contributed by atoms with Gasteiger partial charge in [0.25, 0.3) is 0 Å². The largest absolute Gasteiger partial charge is 0.326 e. The first-order valence-electron chi connectivity index (χ1n) is 6.94. The third-order valence-electron chi connectivity index (χ3n) is 3.82. The Balaban J connectivity index is 1.61. The zero-order chi connectivity index (χ0) is 13.2. The Morgan fingerprint density at radius 2 is 1.42 bits per heavy atom. The van der Waals surface area contributed by atoms with Gasteiger partial charge in [-0.15, -0.1) is 0 Å². The summed E-state index contributed by atoms with van der Waals surface area (Å²) in [5.74, 6) is 0.539. The summed E-state index contributed by atoms with van der Waals surface area (Å²) in [5, 5.41) is 5.80. The quantitative estimate of drug-likeness (QED) is 0.872. The molecule has 0 unspecified atom stereocenters. The number of hydrogen-bond acceptors (Lipinski definition) is 2. The lowest BCUT2D eigenvalue weighted by Gasteiger charge is -2.24. The summed E-state index contributed by atoms with van der Waals surface area (Å²) in [7, 11) is 0. The fraction of sp³-hybridized carbons (Fsp3) is 0.467. The second kappa shape index (κ2) is 5.03. The van der Waals surface area contributed by atoms with Gasteiger partial charge >= 0.3 is 0 Å². The fourth-order valence-corrected chi connectivity index (χ4v) is 2.18. The van der Waals surface area contributed by atoms with Crippen LogP contribution in [0.3, 0.4) is 0 Å². The van der Waals surface area contributed by atoms with Gasteiger partial charge in [0.1, 0.15) is 0 Å². The highest BCUT2D eigenvalue weighted by Crippen LogP contribution is 2.31. The van der Waals surface area contributed by atoms with Gasteiger partial charge in [0.15, 0.2) is 0 Å². The van der Waals surface area contributed by atoms with E-state index >= 15 is 0 Å². The number of carbonyl (C=O) groups excluding carboxylic acids is 2. The molecule has 2 fully saturated rings. The van der Waals surface area contributed by atoms with Gasteiger partial charge in [-0.05, 0) is 43.9 Å². The van der Waals surface area contributed by atoms with Crippen molar-refractivity contribution in [2.24, 2.45) is 11.8 Å². The van der Waals surface area contributed by atoms with Crippen LogP contribution < -0.4 is 10.6 Å². The Kier molecular flexibility index (Phi) is 3.23. The highest BCUT2D eigenvalue weighted by Gasteiger charge is 2.29. The maximum Gasteiger partial charge on any atom is 0.227 e. The number of nitrogens with one attached hydrogen (secondary N) is 2. The molecule has 0 bridgehead atoms. The molecule has 2 saturated carbocycles. The molecule has 19 heavy (non-hydrogen) atoms. The lowest BCUT2D eigenvalue weighted by molar-refractivity contribution is -0.122. The number of benzene rings is 1. The van der Waals surface area contributed by atoms with Crippen LogP contribution in [0.15, 0.2) is 24.3 Å². The molecule has 3 rings (SSSR count). The average Bonchev–Trinajstić information content (AvgIpc) is 3.10. The van der Waals surface area contributed by atoms with E-state index in [-0.39, 0.29) is 23.7 Å². The highest BCUT2D eigenvalue weighted by molar-refractivity contribution is 5.96. The van der Waals surface area contributed by atoms with Gasteiger partial charge < -0.3 is 10.6 Å². The van der Waals surface area contributed by atoms with E-state index in [0.29, 0.717) is 0 Å². The Hall–Kier alpha value is -1.84. The summed E-state index contributed by atoms with van der Waals surface area (Å²) < 4.78 is 0. The van der Waals surface area contributed by atoms with E-state index in [1.165, 1.54) is 0 Å². The number of amides is 2. The molecule has 0 atom stereocenters. The predicted octanol–water partition coefficient (Wildman–Crippen LogP) is 2.77. The maximum atomic E-state index is 11.8. The summed E-state index contributed by atoms with van der Waals surface area (Å²) in [6.07, 6.45) is 5.11. The van der Waals surface area contributed by atoms with Gasteiger partial charge in [-0.1, -0.05) is 12.5 Å². The van der Waals surface area contributed by atoms with Crippen LogP contribution in [0, 0.1) is 11.8 Å². The Bertz CT molecular complexity index is 505. The molecule has 2 amide bonds. The van der Waals surface area contributed by atoms with Crippen LogP contribution in [0.4, 0.5) is 11.4 Å². The molecule has 100 valence electrons. The van der Waals surface area contributed by atoms with Crippen molar-refractivity contribution in [3.63, 3.8) is 0 Å². The lowest BCUT2D eigenvalue weighted by atomic mass is 9.85. The third kappa shape index (κ3) is 2.95. The van der Waals surface area contributed by atoms with Crippen LogP contribution in [0.5, 0.6) is 0 Å². The fourth-order valence-electron chi connectivity index (χ4n) is 2.18. The van der Waals surface area contributed by atoms with E-state index in [4.69, 9.17) is 0 Å². The van der Waals surface area contributed by atoms with Crippen molar-refractivity contribution < 1.29 is 9.59 Å². The summed E-state index contributed by atoms with van der Waals surface area (Å²) in [6.45, 7) is 0. The number of anilines is 2. The maximum absolute atomic E-state index is 11.8. The van der Waals surface area contributed by atoms with Crippen molar-refractivity contribution >= 4 is 23.2 Å². The van der Waals surface area contributed by atoms with E-state index in [1.54, 1.807) is 0 Å². The predicted molar refractivity (Wildman–Crippen MR) is 73.8 cm³/mol. The van der Waals surface area contributed by atoms with E-state index in [1.807, 2.05) is 24.3 Å². The van der Waals surface area contributed by atoms with E-state index in [0.717, 1.165) is 43.5 Å². The Labute approximate surface area is 112 Å². The number of rotatable bonds is 4. The second-order valence-corrected chi connectivity index (χ2v) is 5.46. The number of hydrogen-bond donors (Lipinski definition) is 2. The zero-order valence-electron chi connectivity index (χ0n) is 10.8. The minimum atomic E-state index is 0.0856. The summed E-state index contributed by atoms with van der Waals surface area (Å²) in [6, 6.07) is 7.36. The minimum Gasteiger partial charge on any atom is -0.326 e. The standard InChI is InChI=1S/C15H18N2O2/c18-14(10-3-1-4-10)16-12-5-2-6-13(9-12)17-15(19)11-7-8-11/h2,5-6,9-11H,1,3-4,7-8H2,(H,16,18)(H,17,19). The first-order valence-corrected chi connectivity index (χ1v) is 6.94. The van der Waals surface area contributed by atoms with Crippen molar-refractivity contribution in [1.82, 2.24) is 0 Å². The van der Waals surface area contributed by atoms with Gasteiger partial charge in [-0.3, -0.25) is 9.59 Å². The van der Waals surface area contributed by atoms with Crippen molar-refractivity contribution in [2.75, 3.05) is 10.6 Å². The molecule has 0 radical (unpaired) electrons. The summed E-state index contributed by atoms with van der Waals surface area (Å²) >= 11 is 0. The molecule has 4 nitrogen and oxygen atoms in total. The summed E-state index contributed by atoms with van der Waals surface area (Å²) in [4.78, 5) is 23.5. The molecular formula is C15H18N2O2. The average molecular weight is 258 g/mol. The van der Waals surface area contributed by atoms with Crippen LogP contribution in [-0.4, -0.2) is 11.8 Å². The molecule has 4 heteroatoms. The molecule has 2 aliphatic rings. The SMILES string of the molecule is O=C(Nc1cccc(NC(=O)C2CC2)c1)C1CCC1. The Morgan fingerprint density at radius 1 is 0.895 bits per heavy atom. The van der Waals surface area contributed by atoms with E-state index in [9.17, 15) is 9.59 Å². The van der Waals surface area contributed by atoms with Crippen LogP contribution in [0.2, 0.25) is 0 Å². The molecule has 0 spiro atoms. The molecule has 0 aliphatic heterocycles. The van der Waals surface area contributed by atoms with Crippen LogP contribution in [-0.2, 0) is 9.59 Å². The van der Waals surface area contributed by atoms with Gasteiger partial charge in [-0.2, -0.15) is 0 Å². The normalized spacial score (nSPS) is 18.5. The lowest BCUT2D eigenvalue weighted by Crippen LogP contribution is -2.28. The molecule has 0 heterocycles. The molecule has 0 aromatic heterocycles. The topological polar surface area (TPSA) is 58.2 Å². The van der Waals surface area contributed by atoms with Crippen molar-refractivity contribution in [1.29, 1.82) is 0 Å². The first kappa shape index (κ1) is 12.2. The van der Waals surface area contributed by atoms with Crippen molar-refractivity contribution in [3.8, 4) is 0 Å². The van der Waals surface area contributed by atoms with E-state index < -0.39 is 0 Å². The third-order valence-corrected chi connectivity index (χ3v) is 3.82. The van der Waals surface area contributed by atoms with E-state index in [2.05, 4.69) is 10.6 Å². The second-order valence-electron chi connectivity index (χ2n) is 5.46. The number of carbonyl (C=O) groups is 2. The molecule has 0 saturated heterocycles. The molecule has 2 N–H and O–H groups in total. The van der Waals surface area contributed by atoms with Crippen LogP contribution in [0.25, 0.3) is 0 Å².